The molecule has 33 heavy (non-hydrogen) atoms. The maximum Gasteiger partial charge on any atom is 0.255 e. The van der Waals surface area contributed by atoms with E-state index in [1.54, 1.807) is 4.90 Å². The smallest absolute Gasteiger partial charge is 0.255 e. The van der Waals surface area contributed by atoms with E-state index in [0.29, 0.717) is 18.5 Å². The van der Waals surface area contributed by atoms with Gasteiger partial charge in [-0.1, -0.05) is 18.6 Å². The van der Waals surface area contributed by atoms with E-state index in [1.807, 2.05) is 23.1 Å². The number of amides is 4. The zero-order chi connectivity index (χ0) is 22.9. The zero-order valence-electron chi connectivity index (χ0n) is 18.8. The van der Waals surface area contributed by atoms with Crippen LogP contribution >= 0.6 is 0 Å². The number of hydrogen-bond acceptors (Lipinski definition) is 6. The van der Waals surface area contributed by atoms with Crippen molar-refractivity contribution >= 4 is 23.6 Å². The Balaban J connectivity index is 1.17. The summed E-state index contributed by atoms with van der Waals surface area (Å²) in [6.07, 6.45) is 3.81. The maximum absolute atomic E-state index is 13.0. The zero-order valence-corrected chi connectivity index (χ0v) is 18.8. The van der Waals surface area contributed by atoms with Gasteiger partial charge in [0.2, 0.25) is 17.7 Å². The molecule has 2 N–H and O–H groups in total. The van der Waals surface area contributed by atoms with Crippen LogP contribution in [0.25, 0.3) is 0 Å². The molecule has 1 unspecified atom stereocenters. The Hall–Kier alpha value is -2.78. The molecule has 5 rings (SSSR count). The monoisotopic (exact) mass is 453 g/mol. The van der Waals surface area contributed by atoms with Crippen LogP contribution in [0.4, 0.5) is 0 Å². The van der Waals surface area contributed by atoms with Gasteiger partial charge in [-0.15, -0.1) is 0 Å². The Morgan fingerprint density at radius 2 is 1.85 bits per heavy atom. The van der Waals surface area contributed by atoms with Gasteiger partial charge in [0, 0.05) is 51.3 Å². The lowest BCUT2D eigenvalue weighted by Crippen LogP contribution is -2.54. The van der Waals surface area contributed by atoms with Crippen LogP contribution in [0.1, 0.15) is 53.6 Å². The summed E-state index contributed by atoms with van der Waals surface area (Å²) in [4.78, 5) is 55.3. The lowest BCUT2D eigenvalue weighted by Gasteiger charge is -2.37. The summed E-state index contributed by atoms with van der Waals surface area (Å²) in [6, 6.07) is 5.34. The molecule has 0 bridgehead atoms. The van der Waals surface area contributed by atoms with Crippen molar-refractivity contribution in [1.82, 2.24) is 25.3 Å². The first-order valence-electron chi connectivity index (χ1n) is 12.0. The van der Waals surface area contributed by atoms with Gasteiger partial charge in [0.05, 0.1) is 6.04 Å². The minimum Gasteiger partial charge on any atom is -0.339 e. The van der Waals surface area contributed by atoms with Gasteiger partial charge in [-0.25, -0.2) is 0 Å². The van der Waals surface area contributed by atoms with Gasteiger partial charge >= 0.3 is 0 Å². The van der Waals surface area contributed by atoms with Crippen molar-refractivity contribution in [2.24, 2.45) is 0 Å². The minimum absolute atomic E-state index is 0.0275. The second kappa shape index (κ2) is 9.23. The largest absolute Gasteiger partial charge is 0.339 e. The van der Waals surface area contributed by atoms with Crippen LogP contribution in [0.15, 0.2) is 18.2 Å². The summed E-state index contributed by atoms with van der Waals surface area (Å²) in [5.41, 5.74) is 2.62. The molecule has 4 aliphatic rings. The van der Waals surface area contributed by atoms with Gasteiger partial charge in [0.1, 0.15) is 6.04 Å². The van der Waals surface area contributed by atoms with Gasteiger partial charge in [0.25, 0.3) is 5.91 Å². The van der Waals surface area contributed by atoms with Crippen molar-refractivity contribution in [2.75, 3.05) is 32.7 Å². The molecule has 1 aromatic carbocycles. The van der Waals surface area contributed by atoms with Crippen molar-refractivity contribution in [3.05, 3.63) is 34.9 Å². The first-order valence-corrected chi connectivity index (χ1v) is 12.0. The Labute approximate surface area is 193 Å². The third-order valence-electron chi connectivity index (χ3n) is 7.29. The molecule has 3 fully saturated rings. The first-order chi connectivity index (χ1) is 16.0. The molecule has 4 aliphatic heterocycles. The van der Waals surface area contributed by atoms with E-state index in [9.17, 15) is 19.2 Å². The molecule has 4 heterocycles. The molecule has 2 atom stereocenters. The highest BCUT2D eigenvalue weighted by atomic mass is 16.2. The lowest BCUT2D eigenvalue weighted by molar-refractivity contribution is -0.137. The number of nitrogens with zero attached hydrogens (tertiary/aromatic N) is 3. The molecule has 3 saturated heterocycles. The van der Waals surface area contributed by atoms with Crippen molar-refractivity contribution in [3.8, 4) is 0 Å². The predicted octanol–water partition coefficient (Wildman–Crippen LogP) is 0.234. The molecule has 4 amide bonds. The number of hydrogen-bond donors (Lipinski definition) is 2. The normalized spacial score (nSPS) is 26.4. The molecule has 0 aromatic heterocycles. The minimum atomic E-state index is -0.588. The molecule has 0 saturated carbocycles. The molecule has 9 heteroatoms. The van der Waals surface area contributed by atoms with Crippen LogP contribution in [-0.2, 0) is 27.5 Å². The molecule has 0 aliphatic carbocycles. The SMILES string of the molecule is O=C1CCC(N2Cc3ccc(CN4CCN(C(=O)[C@@H]5CCCCN5)CC4)cc3C2=O)C(=O)N1. The van der Waals surface area contributed by atoms with Gasteiger partial charge in [-0.2, -0.15) is 0 Å². The van der Waals surface area contributed by atoms with Crippen LogP contribution in [0.2, 0.25) is 0 Å². The summed E-state index contributed by atoms with van der Waals surface area (Å²) >= 11 is 0. The maximum atomic E-state index is 13.0. The summed E-state index contributed by atoms with van der Waals surface area (Å²) in [7, 11) is 0. The average Bonchev–Trinajstić information content (AvgIpc) is 3.15. The highest BCUT2D eigenvalue weighted by Gasteiger charge is 2.39. The summed E-state index contributed by atoms with van der Waals surface area (Å²) < 4.78 is 0. The molecule has 9 nitrogen and oxygen atoms in total. The highest BCUT2D eigenvalue weighted by molar-refractivity contribution is 6.05. The Kier molecular flexibility index (Phi) is 6.16. The average molecular weight is 454 g/mol. The van der Waals surface area contributed by atoms with Crippen LogP contribution in [0.5, 0.6) is 0 Å². The van der Waals surface area contributed by atoms with E-state index in [1.165, 1.54) is 0 Å². The number of benzene rings is 1. The predicted molar refractivity (Wildman–Crippen MR) is 120 cm³/mol. The molecule has 0 radical (unpaired) electrons. The number of nitrogens with one attached hydrogen (secondary N) is 2. The third-order valence-corrected chi connectivity index (χ3v) is 7.29. The van der Waals surface area contributed by atoms with Crippen molar-refractivity contribution in [1.29, 1.82) is 0 Å². The fourth-order valence-corrected chi connectivity index (χ4v) is 5.37. The second-order valence-corrected chi connectivity index (χ2v) is 9.50. The Bertz CT molecular complexity index is 966. The second-order valence-electron chi connectivity index (χ2n) is 9.50. The number of imide groups is 1. The molecule has 176 valence electrons. The van der Waals surface area contributed by atoms with Gasteiger partial charge in [-0.3, -0.25) is 29.4 Å². The van der Waals surface area contributed by atoms with Crippen LogP contribution in [0.3, 0.4) is 0 Å². The van der Waals surface area contributed by atoms with E-state index in [2.05, 4.69) is 15.5 Å². The number of carbonyl (C=O) groups is 4. The first kappa shape index (κ1) is 22.0. The van der Waals surface area contributed by atoms with E-state index in [0.717, 1.165) is 69.7 Å². The Morgan fingerprint density at radius 3 is 2.58 bits per heavy atom. The van der Waals surface area contributed by atoms with Crippen molar-refractivity contribution in [3.63, 3.8) is 0 Å². The molecular weight excluding hydrogens is 422 g/mol. The fraction of sp³-hybridized carbons (Fsp3) is 0.583. The van der Waals surface area contributed by atoms with Crippen molar-refractivity contribution < 1.29 is 19.2 Å². The lowest BCUT2D eigenvalue weighted by atomic mass is 10.0. The molecular formula is C24H31N5O4. The van der Waals surface area contributed by atoms with Gasteiger partial charge in [0.15, 0.2) is 0 Å². The summed E-state index contributed by atoms with van der Waals surface area (Å²) in [5.74, 6) is -0.578. The van der Waals surface area contributed by atoms with E-state index in [4.69, 9.17) is 0 Å². The number of fused-ring (bicyclic) bond motifs is 1. The van der Waals surface area contributed by atoms with E-state index >= 15 is 0 Å². The number of piperidine rings is 2. The fourth-order valence-electron chi connectivity index (χ4n) is 5.37. The van der Waals surface area contributed by atoms with Crippen LogP contribution in [-0.4, -0.2) is 83.1 Å². The molecule has 0 spiro atoms. The van der Waals surface area contributed by atoms with Gasteiger partial charge in [-0.05, 0) is 43.0 Å². The van der Waals surface area contributed by atoms with Gasteiger partial charge < -0.3 is 15.1 Å². The summed E-state index contributed by atoms with van der Waals surface area (Å²) in [6.45, 7) is 5.12. The number of rotatable bonds is 4. The number of carbonyl (C=O) groups excluding carboxylic acids is 4. The van der Waals surface area contributed by atoms with Crippen molar-refractivity contribution in [2.45, 2.75) is 57.3 Å². The topological polar surface area (TPSA) is 102 Å². The quantitative estimate of drug-likeness (QED) is 0.633. The Morgan fingerprint density at radius 1 is 1.03 bits per heavy atom. The number of piperazine rings is 1. The van der Waals surface area contributed by atoms with Crippen LogP contribution < -0.4 is 10.6 Å². The van der Waals surface area contributed by atoms with E-state index in [-0.39, 0.29) is 36.1 Å². The standard InChI is InChI=1S/C24H31N5O4/c30-21-7-6-20(22(31)26-21)29-15-17-5-4-16(13-18(17)23(29)32)14-27-9-11-28(12-10-27)24(33)19-3-1-2-8-25-19/h4-5,13,19-20,25H,1-3,6-12,14-15H2,(H,26,30,31)/t19-,20?/m0/s1. The molecule has 1 aromatic rings. The summed E-state index contributed by atoms with van der Waals surface area (Å²) in [5, 5.41) is 5.69. The third kappa shape index (κ3) is 4.52. The highest BCUT2D eigenvalue weighted by Crippen LogP contribution is 2.28. The van der Waals surface area contributed by atoms with Crippen LogP contribution in [0, 0.1) is 0 Å². The van der Waals surface area contributed by atoms with E-state index < -0.39 is 6.04 Å².